The Morgan fingerprint density at radius 1 is 0.566 bits per heavy atom. The van der Waals surface area contributed by atoms with Crippen molar-refractivity contribution in [2.24, 2.45) is 0 Å². The van der Waals surface area contributed by atoms with Gasteiger partial charge in [-0.15, -0.1) is 0 Å². The summed E-state index contributed by atoms with van der Waals surface area (Å²) in [5.41, 5.74) is -1.10. The van der Waals surface area contributed by atoms with Gasteiger partial charge < -0.3 is 106 Å². The number of aliphatic hydroxyl groups excluding tert-OH is 1. The molecule has 17 bridgehead atoms. The zero-order valence-corrected chi connectivity index (χ0v) is 58.2. The zero-order valence-electron chi connectivity index (χ0n) is 56.7. The molecule has 0 aliphatic carbocycles. The number of rotatable bonds is 13. The van der Waals surface area contributed by atoms with Gasteiger partial charge in [0.15, 0.2) is 29.0 Å². The van der Waals surface area contributed by atoms with Gasteiger partial charge in [-0.3, -0.25) is 28.8 Å². The lowest BCUT2D eigenvalue weighted by atomic mass is 9.89. The van der Waals surface area contributed by atoms with Crippen LogP contribution in [0.4, 0.5) is 4.79 Å². The lowest BCUT2D eigenvalue weighted by Gasteiger charge is -2.31. The first-order valence-electron chi connectivity index (χ1n) is 33.3. The number of benzene rings is 8. The Labute approximate surface area is 614 Å². The van der Waals surface area contributed by atoms with Gasteiger partial charge in [0.2, 0.25) is 41.2 Å². The number of esters is 1. The zero-order chi connectivity index (χ0) is 75.2. The van der Waals surface area contributed by atoms with E-state index in [9.17, 15) is 40.2 Å². The molecule has 14 N–H and O–H groups in total. The van der Waals surface area contributed by atoms with Crippen molar-refractivity contribution in [1.82, 2.24) is 47.4 Å². The predicted octanol–water partition coefficient (Wildman–Crippen LogP) is 7.65. The second-order valence-corrected chi connectivity index (χ2v) is 26.3. The van der Waals surface area contributed by atoms with Crippen LogP contribution in [0.3, 0.4) is 0 Å². The van der Waals surface area contributed by atoms with E-state index in [-0.39, 0.29) is 108 Å². The van der Waals surface area contributed by atoms with Crippen molar-refractivity contribution in [3.63, 3.8) is 0 Å². The minimum atomic E-state index is -2.17. The fraction of sp³-hybridized carbons (Fsp3) is 0.253. The first-order chi connectivity index (χ1) is 50.9. The molecule has 0 fully saturated rings. The third-order valence-corrected chi connectivity index (χ3v) is 18.4. The largest absolute Gasteiger partial charge is 0.508 e. The summed E-state index contributed by atoms with van der Waals surface area (Å²) in [6.45, 7) is 1.82. The number of aromatic hydroxyl groups is 5. The third-order valence-electron chi connectivity index (χ3n) is 17.8. The molecule has 0 unspecified atom stereocenters. The molecule has 106 heavy (non-hydrogen) atoms. The second kappa shape index (κ2) is 31.9. The Kier molecular flexibility index (Phi) is 22.2. The van der Waals surface area contributed by atoms with Gasteiger partial charge in [0.25, 0.3) is 0 Å². The van der Waals surface area contributed by atoms with Crippen molar-refractivity contribution >= 4 is 70.7 Å². The molecule has 0 spiro atoms. The van der Waals surface area contributed by atoms with Crippen LogP contribution in [0.1, 0.15) is 93.7 Å². The SMILES string of the molecule is COC(=O)[C@H]1NC(=O)[C@H]2NC(=O)[C@H](NC(=O)[C@@H]3NC(=O)[C@H]4NC(=O)[C@@H](Cc5ccc(c(Cl)c5)Oc5cc3cc(c5OCCCCNCCN(C)C)Oc3ccc(cc3Cl)[C@H]2O)NC(=O)[C@@H](NC(=O)OCc2ccccc2)c2ccc(O)c(c2)Oc2cc(O)cc4c2)c2ccc(O)c(c2)-c2c(O)cc(O)cc21. The number of carbonyl (C=O) groups excluding carboxylic acids is 8. The summed E-state index contributed by atoms with van der Waals surface area (Å²) in [6, 6.07) is 17.8. The Bertz CT molecular complexity index is 4780. The minimum absolute atomic E-state index is 0.00158. The van der Waals surface area contributed by atoms with E-state index in [2.05, 4.69) is 42.5 Å². The van der Waals surface area contributed by atoms with E-state index in [0.717, 1.165) is 56.1 Å². The van der Waals surface area contributed by atoms with E-state index in [1.54, 1.807) is 30.3 Å². The molecule has 6 aliphatic rings. The number of unbranched alkanes of at least 4 members (excludes halogenated alkanes) is 1. The monoisotopic (exact) mass is 1490 g/mol. The number of phenolic OH excluding ortho intramolecular Hbond substituents is 5. The summed E-state index contributed by atoms with van der Waals surface area (Å²) in [5.74, 6) is -13.0. The maximum atomic E-state index is 16.3. The van der Waals surface area contributed by atoms with E-state index < -0.39 is 137 Å². The highest BCUT2D eigenvalue weighted by molar-refractivity contribution is 6.32. The lowest BCUT2D eigenvalue weighted by Crippen LogP contribution is -2.55. The minimum Gasteiger partial charge on any atom is -0.508 e. The highest BCUT2D eigenvalue weighted by Gasteiger charge is 2.42. The number of alkyl carbamates (subject to hydrolysis) is 1. The summed E-state index contributed by atoms with van der Waals surface area (Å²) in [4.78, 5) is 123. The number of methoxy groups -OCH3 is 1. The Morgan fingerprint density at radius 3 is 1.90 bits per heavy atom. The maximum absolute atomic E-state index is 16.3. The van der Waals surface area contributed by atoms with Crippen molar-refractivity contribution in [3.05, 3.63) is 200 Å². The molecule has 6 aliphatic heterocycles. The number of aliphatic hydroxyl groups is 1. The van der Waals surface area contributed by atoms with Crippen molar-refractivity contribution in [1.29, 1.82) is 0 Å². The number of likely N-dealkylation sites (N-methyl/N-ethyl adjacent to an activating group) is 1. The van der Waals surface area contributed by atoms with Gasteiger partial charge in [0.05, 0.1) is 23.8 Å². The number of hydrogen-bond donors (Lipinski definition) is 14. The molecule has 14 rings (SSSR count). The number of amides is 7. The second-order valence-electron chi connectivity index (χ2n) is 25.5. The van der Waals surface area contributed by atoms with Crippen LogP contribution in [0, 0.1) is 0 Å². The lowest BCUT2D eigenvalue weighted by molar-refractivity contribution is -0.146. The number of ether oxygens (including phenoxy) is 6. The maximum Gasteiger partial charge on any atom is 0.408 e. The average molecular weight is 1490 g/mol. The molecule has 8 aromatic rings. The normalized spacial score (nSPS) is 19.9. The Hall–Kier alpha value is -12.0. The summed E-state index contributed by atoms with van der Waals surface area (Å²) < 4.78 is 36.8. The van der Waals surface area contributed by atoms with Crippen molar-refractivity contribution in [3.8, 4) is 80.1 Å². The fourth-order valence-corrected chi connectivity index (χ4v) is 12.9. The van der Waals surface area contributed by atoms with E-state index in [1.807, 2.05) is 19.0 Å². The molecule has 8 atom stereocenters. The van der Waals surface area contributed by atoms with Crippen molar-refractivity contribution < 1.29 is 97.4 Å². The Morgan fingerprint density at radius 2 is 1.20 bits per heavy atom. The van der Waals surface area contributed by atoms with Gasteiger partial charge in [0.1, 0.15) is 89.2 Å². The van der Waals surface area contributed by atoms with Gasteiger partial charge in [-0.25, -0.2) is 9.59 Å². The first kappa shape index (κ1) is 73.7. The summed E-state index contributed by atoms with van der Waals surface area (Å²) in [6.07, 6.45) is -2.57. The standard InChI is InChI=1S/C75H71Cl2N9O20/c1-86(2)21-20-78-19-7-8-22-102-67-57-30-42-31-58(67)106-55-18-14-40(28-49(55)77)66(92)65-73(98)83-64(74(99)101-3)47-33-44(88)34-53(91)59(47)46-27-38(12-15-51(46)89)60(70(95)84-65)81-72(97)63(42)82-71(96)62-41-25-43(87)32-45(26-41)104-56-29-39(13-16-52(56)90)61(85-75(100)103-35-36-9-5-4-6-10-36)69(94)79-50(68(93)80-62)24-37-11-17-54(105-57)48(76)23-37/h4-6,9-18,23,25-34,50,60-66,78,87-92H,7-8,19-22,24,35H2,1-3H3,(H,79,94)(H,80,93)(H,81,97)(H,82,96)(H,83,98)(H,84,95)(H,85,100)/t50-,60-,61+,62+,63-,64+,65+,66-/m1/s1. The predicted molar refractivity (Wildman–Crippen MR) is 379 cm³/mol. The van der Waals surface area contributed by atoms with Gasteiger partial charge in [-0.1, -0.05) is 77.8 Å². The summed E-state index contributed by atoms with van der Waals surface area (Å²) in [5, 5.41) is 91.0. The van der Waals surface area contributed by atoms with Crippen LogP contribution >= 0.6 is 23.2 Å². The van der Waals surface area contributed by atoms with E-state index >= 15 is 28.8 Å². The number of halogens is 2. The topological polar surface area (TPSA) is 413 Å². The quantitative estimate of drug-likeness (QED) is 0.0389. The van der Waals surface area contributed by atoms with Gasteiger partial charge in [0, 0.05) is 48.3 Å². The first-order valence-corrected chi connectivity index (χ1v) is 34.0. The highest BCUT2D eigenvalue weighted by Crippen LogP contribution is 2.49. The van der Waals surface area contributed by atoms with Crippen molar-refractivity contribution in [2.75, 3.05) is 47.4 Å². The van der Waals surface area contributed by atoms with E-state index in [0.29, 0.717) is 31.5 Å². The van der Waals surface area contributed by atoms with Crippen LogP contribution in [0.25, 0.3) is 11.1 Å². The molecule has 0 saturated heterocycles. The molecule has 6 heterocycles. The number of nitrogens with one attached hydrogen (secondary N) is 8. The van der Waals surface area contributed by atoms with Crippen LogP contribution in [-0.2, 0) is 56.1 Å². The molecule has 0 saturated carbocycles. The summed E-state index contributed by atoms with van der Waals surface area (Å²) >= 11 is 14.3. The van der Waals surface area contributed by atoms with E-state index in [4.69, 9.17) is 51.6 Å². The molecule has 31 heteroatoms. The molecule has 8 aromatic carbocycles. The molecular weight excluding hydrogens is 1420 g/mol. The smallest absolute Gasteiger partial charge is 0.408 e. The number of fused-ring (bicyclic) bond motifs is 14. The van der Waals surface area contributed by atoms with Crippen LogP contribution in [0.15, 0.2) is 146 Å². The molecule has 0 radical (unpaired) electrons. The van der Waals surface area contributed by atoms with Gasteiger partial charge >= 0.3 is 12.1 Å². The molecule has 7 amide bonds. The van der Waals surface area contributed by atoms with Gasteiger partial charge in [-0.05, 0) is 151 Å². The molecule has 29 nitrogen and oxygen atoms in total. The van der Waals surface area contributed by atoms with Crippen molar-refractivity contribution in [2.45, 2.75) is 74.3 Å². The van der Waals surface area contributed by atoms with Crippen LogP contribution < -0.4 is 61.5 Å². The summed E-state index contributed by atoms with van der Waals surface area (Å²) in [7, 11) is 4.87. The van der Waals surface area contributed by atoms with Crippen LogP contribution in [0.5, 0.6) is 69.0 Å². The Balaban J connectivity index is 1.05. The fourth-order valence-electron chi connectivity index (χ4n) is 12.4. The number of carbonyl (C=O) groups is 8. The van der Waals surface area contributed by atoms with Crippen LogP contribution in [-0.4, -0.2) is 143 Å². The van der Waals surface area contributed by atoms with Gasteiger partial charge in [-0.2, -0.15) is 0 Å². The van der Waals surface area contributed by atoms with Crippen LogP contribution in [0.2, 0.25) is 10.0 Å². The number of hydrogen-bond acceptors (Lipinski definition) is 22. The molecule has 0 aromatic heterocycles. The molecule has 550 valence electrons. The third kappa shape index (κ3) is 16.6. The van der Waals surface area contributed by atoms with E-state index in [1.165, 1.54) is 72.8 Å². The highest BCUT2D eigenvalue weighted by atomic mass is 35.5. The number of nitrogens with zero attached hydrogens (tertiary/aromatic N) is 1. The number of phenols is 5. The average Bonchev–Trinajstić information content (AvgIpc) is 0.743. The molecular formula is C75H71Cl2N9O20.